The largest absolute Gasteiger partial charge is 0.358 e. The Morgan fingerprint density at radius 1 is 1.25 bits per heavy atom. The first kappa shape index (κ1) is 17.7. The lowest BCUT2D eigenvalue weighted by atomic mass is 9.96. The fraction of sp³-hybridized carbons (Fsp3) is 0.421. The smallest absolute Gasteiger partial charge is 0.229 e. The Kier molecular flexibility index (Phi) is 5.08. The summed E-state index contributed by atoms with van der Waals surface area (Å²) in [5.74, 6) is 1.15. The topological polar surface area (TPSA) is 64.8 Å². The van der Waals surface area contributed by atoms with E-state index in [4.69, 9.17) is 0 Å². The van der Waals surface area contributed by atoms with Crippen LogP contribution in [0.1, 0.15) is 37.5 Å². The molecular formula is C19H25N5. The van der Waals surface area contributed by atoms with E-state index < -0.39 is 0 Å². The number of nitriles is 1. The molecule has 2 rings (SSSR count). The highest BCUT2D eigenvalue weighted by Crippen LogP contribution is 2.24. The normalized spacial score (nSPS) is 11.0. The lowest BCUT2D eigenvalue weighted by Crippen LogP contribution is -2.30. The van der Waals surface area contributed by atoms with Gasteiger partial charge in [0.15, 0.2) is 5.82 Å². The van der Waals surface area contributed by atoms with Crippen LogP contribution >= 0.6 is 0 Å². The molecule has 1 aromatic heterocycles. The summed E-state index contributed by atoms with van der Waals surface area (Å²) in [7, 11) is 1.95. The number of aromatic nitrogens is 2. The molecule has 0 fully saturated rings. The van der Waals surface area contributed by atoms with Gasteiger partial charge in [-0.15, -0.1) is 0 Å². The van der Waals surface area contributed by atoms with Crippen LogP contribution < -0.4 is 10.2 Å². The Hall–Kier alpha value is -2.61. The molecule has 1 aromatic carbocycles. The predicted octanol–water partition coefficient (Wildman–Crippen LogP) is 4.19. The third-order valence-corrected chi connectivity index (χ3v) is 3.60. The molecule has 0 aliphatic carbocycles. The van der Waals surface area contributed by atoms with E-state index in [1.165, 1.54) is 5.56 Å². The highest BCUT2D eigenvalue weighted by Gasteiger charge is 2.18. The first-order chi connectivity index (χ1) is 11.2. The van der Waals surface area contributed by atoms with Crippen molar-refractivity contribution >= 4 is 17.5 Å². The van der Waals surface area contributed by atoms with Crippen molar-refractivity contribution in [3.63, 3.8) is 0 Å². The van der Waals surface area contributed by atoms with Gasteiger partial charge in [0, 0.05) is 19.3 Å². The molecule has 0 spiro atoms. The molecule has 0 radical (unpaired) electrons. The van der Waals surface area contributed by atoms with Gasteiger partial charge in [-0.2, -0.15) is 10.2 Å². The minimum atomic E-state index is 0.104. The zero-order valence-corrected chi connectivity index (χ0v) is 15.3. The molecule has 0 bridgehead atoms. The van der Waals surface area contributed by atoms with E-state index in [0.29, 0.717) is 17.3 Å². The maximum atomic E-state index is 9.35. The summed E-state index contributed by atoms with van der Waals surface area (Å²) >= 11 is 0. The first-order valence-corrected chi connectivity index (χ1v) is 8.02. The van der Waals surface area contributed by atoms with E-state index >= 15 is 0 Å². The van der Waals surface area contributed by atoms with Crippen LogP contribution in [0, 0.1) is 30.6 Å². The fourth-order valence-corrected chi connectivity index (χ4v) is 2.58. The molecule has 0 aliphatic rings. The third-order valence-electron chi connectivity index (χ3n) is 3.60. The van der Waals surface area contributed by atoms with Crippen LogP contribution in [0.5, 0.6) is 0 Å². The second-order valence-electron chi connectivity index (χ2n) is 7.40. The van der Waals surface area contributed by atoms with Gasteiger partial charge in [0.05, 0.1) is 6.20 Å². The minimum Gasteiger partial charge on any atom is -0.358 e. The second-order valence-corrected chi connectivity index (χ2v) is 7.40. The Morgan fingerprint density at radius 2 is 1.96 bits per heavy atom. The molecule has 5 nitrogen and oxygen atoms in total. The van der Waals surface area contributed by atoms with Crippen molar-refractivity contribution in [3.8, 4) is 6.07 Å². The molecule has 24 heavy (non-hydrogen) atoms. The number of benzene rings is 1. The fourth-order valence-electron chi connectivity index (χ4n) is 2.58. The number of nitrogens with one attached hydrogen (secondary N) is 1. The zero-order chi connectivity index (χ0) is 17.9. The van der Waals surface area contributed by atoms with Crippen molar-refractivity contribution in [2.45, 2.75) is 34.6 Å². The van der Waals surface area contributed by atoms with Crippen molar-refractivity contribution in [1.82, 2.24) is 9.97 Å². The van der Waals surface area contributed by atoms with Gasteiger partial charge < -0.3 is 10.2 Å². The first-order valence-electron chi connectivity index (χ1n) is 8.02. The SMILES string of the molecule is Cc1ccc(C)c(Nc2ncc(C#N)c(N(C)CC(C)(C)C)n2)c1. The Balaban J connectivity index is 2.35. The highest BCUT2D eigenvalue weighted by molar-refractivity contribution is 5.62. The molecule has 0 unspecified atom stereocenters. The number of anilines is 3. The van der Waals surface area contributed by atoms with Gasteiger partial charge >= 0.3 is 0 Å². The average Bonchev–Trinajstić information content (AvgIpc) is 2.49. The van der Waals surface area contributed by atoms with E-state index in [-0.39, 0.29) is 5.41 Å². The summed E-state index contributed by atoms with van der Waals surface area (Å²) in [6.07, 6.45) is 1.58. The van der Waals surface area contributed by atoms with Crippen LogP contribution in [0.2, 0.25) is 0 Å². The lowest BCUT2D eigenvalue weighted by Gasteiger charge is -2.28. The van der Waals surface area contributed by atoms with E-state index in [0.717, 1.165) is 17.8 Å². The maximum absolute atomic E-state index is 9.35. The van der Waals surface area contributed by atoms with Gasteiger partial charge in [-0.1, -0.05) is 32.9 Å². The van der Waals surface area contributed by atoms with E-state index in [1.54, 1.807) is 6.20 Å². The molecular weight excluding hydrogens is 298 g/mol. The summed E-state index contributed by atoms with van der Waals surface area (Å²) in [6, 6.07) is 8.38. The average molecular weight is 323 g/mol. The van der Waals surface area contributed by atoms with Crippen molar-refractivity contribution in [2.24, 2.45) is 5.41 Å². The Bertz CT molecular complexity index is 768. The van der Waals surface area contributed by atoms with Crippen LogP contribution in [0.3, 0.4) is 0 Å². The van der Waals surface area contributed by atoms with Gasteiger partial charge in [-0.05, 0) is 36.5 Å². The molecule has 126 valence electrons. The summed E-state index contributed by atoms with van der Waals surface area (Å²) in [4.78, 5) is 10.9. The Labute approximate surface area is 144 Å². The number of nitrogens with zero attached hydrogens (tertiary/aromatic N) is 4. The number of rotatable bonds is 4. The standard InChI is InChI=1S/C19H25N5/c1-13-7-8-14(2)16(9-13)22-18-21-11-15(10-20)17(23-18)24(6)12-19(3,4)5/h7-9,11H,12H2,1-6H3,(H,21,22,23). The Morgan fingerprint density at radius 3 is 2.58 bits per heavy atom. The van der Waals surface area contributed by atoms with Crippen molar-refractivity contribution in [1.29, 1.82) is 5.26 Å². The number of hydrogen-bond acceptors (Lipinski definition) is 5. The van der Waals surface area contributed by atoms with Crippen molar-refractivity contribution < 1.29 is 0 Å². The predicted molar refractivity (Wildman–Crippen MR) is 98.7 cm³/mol. The molecule has 1 heterocycles. The van der Waals surface area contributed by atoms with Crippen molar-refractivity contribution in [3.05, 3.63) is 41.1 Å². The number of aryl methyl sites for hydroxylation is 2. The summed E-state index contributed by atoms with van der Waals surface area (Å²) in [5.41, 5.74) is 3.85. The van der Waals surface area contributed by atoms with Gasteiger partial charge in [0.1, 0.15) is 11.6 Å². The third kappa shape index (κ3) is 4.45. The van der Waals surface area contributed by atoms with Gasteiger partial charge in [-0.3, -0.25) is 0 Å². The second kappa shape index (κ2) is 6.88. The minimum absolute atomic E-state index is 0.104. The summed E-state index contributed by atoms with van der Waals surface area (Å²) < 4.78 is 0. The van der Waals surface area contributed by atoms with Gasteiger partial charge in [0.2, 0.25) is 5.95 Å². The molecule has 0 amide bonds. The molecule has 2 aromatic rings. The quantitative estimate of drug-likeness (QED) is 0.914. The van der Waals surface area contributed by atoms with Crippen LogP contribution in [0.15, 0.2) is 24.4 Å². The molecule has 1 N–H and O–H groups in total. The zero-order valence-electron chi connectivity index (χ0n) is 15.3. The monoisotopic (exact) mass is 323 g/mol. The van der Waals surface area contributed by atoms with Crippen molar-refractivity contribution in [2.75, 3.05) is 23.8 Å². The molecule has 0 saturated heterocycles. The van der Waals surface area contributed by atoms with Crippen LogP contribution in [0.25, 0.3) is 0 Å². The summed E-state index contributed by atoms with van der Waals surface area (Å²) in [6.45, 7) is 11.4. The number of hydrogen-bond donors (Lipinski definition) is 1. The summed E-state index contributed by atoms with van der Waals surface area (Å²) in [5, 5.41) is 12.6. The lowest BCUT2D eigenvalue weighted by molar-refractivity contribution is 0.417. The van der Waals surface area contributed by atoms with Crippen LogP contribution in [-0.4, -0.2) is 23.6 Å². The van der Waals surface area contributed by atoms with E-state index in [2.05, 4.69) is 60.3 Å². The molecule has 0 saturated carbocycles. The maximum Gasteiger partial charge on any atom is 0.229 e. The van der Waals surface area contributed by atoms with E-state index in [1.807, 2.05) is 25.8 Å². The molecule has 0 atom stereocenters. The molecule has 5 heteroatoms. The van der Waals surface area contributed by atoms with Gasteiger partial charge in [-0.25, -0.2) is 4.98 Å². The molecule has 0 aliphatic heterocycles. The highest BCUT2D eigenvalue weighted by atomic mass is 15.2. The van der Waals surface area contributed by atoms with Gasteiger partial charge in [0.25, 0.3) is 0 Å². The van der Waals surface area contributed by atoms with Crippen LogP contribution in [-0.2, 0) is 0 Å². The van der Waals surface area contributed by atoms with Crippen LogP contribution in [0.4, 0.5) is 17.5 Å². The van der Waals surface area contributed by atoms with E-state index in [9.17, 15) is 5.26 Å².